The monoisotopic (exact) mass is 481 g/mol. The summed E-state index contributed by atoms with van der Waals surface area (Å²) in [7, 11) is -2.57. The quantitative estimate of drug-likeness (QED) is 0.588. The van der Waals surface area contributed by atoms with Crippen molar-refractivity contribution in [2.24, 2.45) is 0 Å². The fourth-order valence-corrected chi connectivity index (χ4v) is 5.70. The Bertz CT molecular complexity index is 1060. The first kappa shape index (κ1) is 21.6. The van der Waals surface area contributed by atoms with E-state index in [9.17, 15) is 18.1 Å². The highest BCUT2D eigenvalue weighted by molar-refractivity contribution is 9.10. The number of nitriles is 1. The Labute approximate surface area is 178 Å². The predicted molar refractivity (Wildman–Crippen MR) is 110 cm³/mol. The summed E-state index contributed by atoms with van der Waals surface area (Å²) in [5.41, 5.74) is 1.04. The zero-order valence-corrected chi connectivity index (χ0v) is 18.5. The molecule has 1 aliphatic rings. The standard InChI is InChI=1S/C20H21BrFN3O3S/c1-14-3-4-15(9-18(14)22)11-25(17-7-8-24(12-17)13-23)29(26,27)20-10-16(21)5-6-19(20)28-2/h3-6,9-10,17H,7-8,11-12H2,1-2H3. The van der Waals surface area contributed by atoms with Crippen LogP contribution >= 0.6 is 15.9 Å². The molecule has 0 aliphatic carbocycles. The first-order chi connectivity index (χ1) is 13.8. The van der Waals surface area contributed by atoms with E-state index in [1.165, 1.54) is 28.4 Å². The summed E-state index contributed by atoms with van der Waals surface area (Å²) in [5.74, 6) is -0.159. The van der Waals surface area contributed by atoms with Crippen LogP contribution in [0.25, 0.3) is 0 Å². The number of aryl methyl sites for hydroxylation is 1. The van der Waals surface area contributed by atoms with Crippen molar-refractivity contribution in [3.05, 3.63) is 57.8 Å². The SMILES string of the molecule is COc1ccc(Br)cc1S(=O)(=O)N(Cc1ccc(C)c(F)c1)C1CCN(C#N)C1. The second-order valence-corrected chi connectivity index (χ2v) is 9.69. The van der Waals surface area contributed by atoms with Crippen LogP contribution in [0.2, 0.25) is 0 Å². The molecule has 6 nitrogen and oxygen atoms in total. The average Bonchev–Trinajstić information content (AvgIpc) is 3.17. The third-order valence-electron chi connectivity index (χ3n) is 5.00. The minimum absolute atomic E-state index is 0.000857. The molecule has 0 bridgehead atoms. The Morgan fingerprint density at radius 1 is 1.34 bits per heavy atom. The van der Waals surface area contributed by atoms with E-state index in [1.54, 1.807) is 31.2 Å². The van der Waals surface area contributed by atoms with E-state index in [0.29, 0.717) is 35.1 Å². The molecule has 0 spiro atoms. The smallest absolute Gasteiger partial charge is 0.247 e. The van der Waals surface area contributed by atoms with E-state index in [0.717, 1.165) is 0 Å². The van der Waals surface area contributed by atoms with Crippen LogP contribution in [0.4, 0.5) is 4.39 Å². The summed E-state index contributed by atoms with van der Waals surface area (Å²) >= 11 is 3.32. The highest BCUT2D eigenvalue weighted by atomic mass is 79.9. The Morgan fingerprint density at radius 3 is 2.72 bits per heavy atom. The fraction of sp³-hybridized carbons (Fsp3) is 0.350. The first-order valence-corrected chi connectivity index (χ1v) is 11.2. The molecule has 29 heavy (non-hydrogen) atoms. The van der Waals surface area contributed by atoms with E-state index in [-0.39, 0.29) is 23.0 Å². The highest BCUT2D eigenvalue weighted by Crippen LogP contribution is 2.33. The molecule has 9 heteroatoms. The molecule has 154 valence electrons. The molecule has 1 aliphatic heterocycles. The van der Waals surface area contributed by atoms with Crippen LogP contribution < -0.4 is 4.74 Å². The van der Waals surface area contributed by atoms with Gasteiger partial charge in [-0.25, -0.2) is 12.8 Å². The largest absolute Gasteiger partial charge is 0.495 e. The van der Waals surface area contributed by atoms with Crippen molar-refractivity contribution in [1.82, 2.24) is 9.21 Å². The second-order valence-electron chi connectivity index (χ2n) is 6.92. The zero-order chi connectivity index (χ0) is 21.2. The predicted octanol–water partition coefficient (Wildman–Crippen LogP) is 3.65. The lowest BCUT2D eigenvalue weighted by molar-refractivity contribution is 0.311. The van der Waals surface area contributed by atoms with Gasteiger partial charge in [-0.15, -0.1) is 0 Å². The van der Waals surface area contributed by atoms with Crippen LogP contribution in [0.5, 0.6) is 5.75 Å². The molecule has 1 saturated heterocycles. The maximum absolute atomic E-state index is 14.1. The third kappa shape index (κ3) is 4.55. The van der Waals surface area contributed by atoms with Crippen LogP contribution in [0.3, 0.4) is 0 Å². The van der Waals surface area contributed by atoms with Crippen LogP contribution in [0, 0.1) is 24.2 Å². The number of likely N-dealkylation sites (tertiary alicyclic amines) is 1. The lowest BCUT2D eigenvalue weighted by Crippen LogP contribution is -2.41. The van der Waals surface area contributed by atoms with Gasteiger partial charge in [0.15, 0.2) is 6.19 Å². The molecular weight excluding hydrogens is 461 g/mol. The number of hydrogen-bond acceptors (Lipinski definition) is 5. The number of nitrogens with zero attached hydrogens (tertiary/aromatic N) is 3. The van der Waals surface area contributed by atoms with Gasteiger partial charge < -0.3 is 9.64 Å². The summed E-state index contributed by atoms with van der Waals surface area (Å²) in [6.07, 6.45) is 2.58. The van der Waals surface area contributed by atoms with E-state index >= 15 is 0 Å². The molecular formula is C20H21BrFN3O3S. The molecule has 0 aromatic heterocycles. The number of ether oxygens (including phenoxy) is 1. The van der Waals surface area contributed by atoms with Gasteiger partial charge in [-0.1, -0.05) is 28.1 Å². The lowest BCUT2D eigenvalue weighted by Gasteiger charge is -2.28. The summed E-state index contributed by atoms with van der Waals surface area (Å²) in [5, 5.41) is 9.19. The fourth-order valence-electron chi connectivity index (χ4n) is 3.37. The van der Waals surface area contributed by atoms with Gasteiger partial charge in [0.25, 0.3) is 0 Å². The molecule has 1 atom stereocenters. The van der Waals surface area contributed by atoms with Gasteiger partial charge >= 0.3 is 0 Å². The first-order valence-electron chi connectivity index (χ1n) is 9.01. The molecule has 1 unspecified atom stereocenters. The van der Waals surface area contributed by atoms with Crippen molar-refractivity contribution in [3.8, 4) is 11.9 Å². The number of methoxy groups -OCH3 is 1. The topological polar surface area (TPSA) is 73.6 Å². The number of sulfonamides is 1. The molecule has 0 saturated carbocycles. The second kappa shape index (κ2) is 8.69. The Balaban J connectivity index is 2.05. The number of halogens is 2. The molecule has 1 heterocycles. The molecule has 0 N–H and O–H groups in total. The van der Waals surface area contributed by atoms with Crippen molar-refractivity contribution in [3.63, 3.8) is 0 Å². The van der Waals surface area contributed by atoms with Crippen LogP contribution in [0.15, 0.2) is 45.8 Å². The molecule has 2 aromatic rings. The van der Waals surface area contributed by atoms with E-state index in [1.807, 2.05) is 0 Å². The Morgan fingerprint density at radius 2 is 2.10 bits per heavy atom. The zero-order valence-electron chi connectivity index (χ0n) is 16.1. The van der Waals surface area contributed by atoms with E-state index < -0.39 is 16.1 Å². The molecule has 3 rings (SSSR count). The van der Waals surface area contributed by atoms with E-state index in [4.69, 9.17) is 4.74 Å². The Hall–Kier alpha value is -2.15. The highest BCUT2D eigenvalue weighted by Gasteiger charge is 2.37. The maximum atomic E-state index is 14.1. The third-order valence-corrected chi connectivity index (χ3v) is 7.41. The van der Waals surface area contributed by atoms with Gasteiger partial charge in [-0.05, 0) is 48.7 Å². The normalized spacial score (nSPS) is 16.8. The lowest BCUT2D eigenvalue weighted by atomic mass is 10.1. The van der Waals surface area contributed by atoms with Crippen molar-refractivity contribution in [2.75, 3.05) is 20.2 Å². The van der Waals surface area contributed by atoms with Crippen molar-refractivity contribution >= 4 is 26.0 Å². The summed E-state index contributed by atoms with van der Waals surface area (Å²) in [6.45, 7) is 2.42. The molecule has 1 fully saturated rings. The number of rotatable bonds is 6. The summed E-state index contributed by atoms with van der Waals surface area (Å²) < 4.78 is 48.6. The average molecular weight is 482 g/mol. The maximum Gasteiger partial charge on any atom is 0.247 e. The van der Waals surface area contributed by atoms with Gasteiger partial charge in [0.1, 0.15) is 16.5 Å². The van der Waals surface area contributed by atoms with Crippen molar-refractivity contribution in [2.45, 2.75) is 30.8 Å². The molecule has 2 aromatic carbocycles. The van der Waals surface area contributed by atoms with Gasteiger partial charge in [-0.2, -0.15) is 9.57 Å². The van der Waals surface area contributed by atoms with Crippen molar-refractivity contribution in [1.29, 1.82) is 5.26 Å². The van der Waals surface area contributed by atoms with E-state index in [2.05, 4.69) is 22.1 Å². The van der Waals surface area contributed by atoms with Gasteiger partial charge in [0.2, 0.25) is 10.0 Å². The van der Waals surface area contributed by atoms with Gasteiger partial charge in [0, 0.05) is 30.1 Å². The number of benzene rings is 2. The number of hydrogen-bond donors (Lipinski definition) is 0. The molecule has 0 radical (unpaired) electrons. The van der Waals surface area contributed by atoms with Crippen LogP contribution in [-0.2, 0) is 16.6 Å². The molecule has 0 amide bonds. The minimum atomic E-state index is -3.98. The Kier molecular flexibility index (Phi) is 6.46. The van der Waals surface area contributed by atoms with Gasteiger partial charge in [-0.3, -0.25) is 0 Å². The minimum Gasteiger partial charge on any atom is -0.495 e. The summed E-state index contributed by atoms with van der Waals surface area (Å²) in [4.78, 5) is 1.55. The van der Waals surface area contributed by atoms with Crippen molar-refractivity contribution < 1.29 is 17.5 Å². The van der Waals surface area contributed by atoms with Crippen LogP contribution in [0.1, 0.15) is 17.5 Å². The van der Waals surface area contributed by atoms with Crippen LogP contribution in [-0.4, -0.2) is 43.9 Å². The van der Waals surface area contributed by atoms with Gasteiger partial charge in [0.05, 0.1) is 7.11 Å². The summed E-state index contributed by atoms with van der Waals surface area (Å²) in [6, 6.07) is 9.07.